The minimum Gasteiger partial charge on any atom is -0.497 e. The van der Waals surface area contributed by atoms with Gasteiger partial charge in [-0.1, -0.05) is 19.1 Å². The Hall–Kier alpha value is -1.51. The Bertz CT molecular complexity index is 404. The second-order valence-electron chi connectivity index (χ2n) is 5.47. The van der Waals surface area contributed by atoms with Crippen LogP contribution in [0.4, 0.5) is 0 Å². The molecule has 0 aliphatic heterocycles. The van der Waals surface area contributed by atoms with Gasteiger partial charge < -0.3 is 9.47 Å². The summed E-state index contributed by atoms with van der Waals surface area (Å²) < 4.78 is 10.5. The molecule has 0 aliphatic rings. The number of hydrogen-bond donors (Lipinski definition) is 0. The first-order chi connectivity index (χ1) is 8.31. The van der Waals surface area contributed by atoms with Crippen molar-refractivity contribution in [1.82, 2.24) is 0 Å². The molecule has 1 atom stereocenters. The number of benzene rings is 1. The van der Waals surface area contributed by atoms with E-state index in [2.05, 4.69) is 0 Å². The molecule has 0 spiro atoms. The maximum Gasteiger partial charge on any atom is 0.306 e. The first-order valence-corrected chi connectivity index (χ1v) is 6.17. The van der Waals surface area contributed by atoms with Gasteiger partial charge in [0.25, 0.3) is 0 Å². The lowest BCUT2D eigenvalue weighted by atomic mass is 9.97. The fourth-order valence-electron chi connectivity index (χ4n) is 1.70. The molecule has 0 saturated carbocycles. The van der Waals surface area contributed by atoms with Crippen LogP contribution in [0.25, 0.3) is 0 Å². The summed E-state index contributed by atoms with van der Waals surface area (Å²) in [6, 6.07) is 7.77. The normalized spacial score (nSPS) is 12.9. The average molecular weight is 250 g/mol. The van der Waals surface area contributed by atoms with E-state index in [1.165, 1.54) is 0 Å². The van der Waals surface area contributed by atoms with Crippen LogP contribution in [0.1, 0.15) is 45.6 Å². The molecule has 3 heteroatoms. The van der Waals surface area contributed by atoms with E-state index in [-0.39, 0.29) is 11.9 Å². The summed E-state index contributed by atoms with van der Waals surface area (Å²) in [5.74, 6) is 0.760. The standard InChI is InChI=1S/C15H22O3/c1-11(9-14(16)18-15(2,3)4)12-7-6-8-13(10-12)17-5/h6-8,10-11H,9H2,1-5H3/t11-/m1/s1. The lowest BCUT2D eigenvalue weighted by molar-refractivity contribution is -0.155. The summed E-state index contributed by atoms with van der Waals surface area (Å²) in [5, 5.41) is 0. The van der Waals surface area contributed by atoms with Crippen LogP contribution in [0, 0.1) is 0 Å². The Kier molecular flexibility index (Phi) is 4.76. The van der Waals surface area contributed by atoms with E-state index in [0.717, 1.165) is 11.3 Å². The Morgan fingerprint density at radius 3 is 2.56 bits per heavy atom. The van der Waals surface area contributed by atoms with Crippen molar-refractivity contribution in [2.45, 2.75) is 45.6 Å². The monoisotopic (exact) mass is 250 g/mol. The van der Waals surface area contributed by atoms with Crippen LogP contribution < -0.4 is 4.74 Å². The van der Waals surface area contributed by atoms with Gasteiger partial charge >= 0.3 is 5.97 Å². The molecule has 0 N–H and O–H groups in total. The molecular weight excluding hydrogens is 228 g/mol. The maximum absolute atomic E-state index is 11.7. The molecule has 0 heterocycles. The minimum atomic E-state index is -0.425. The van der Waals surface area contributed by atoms with Gasteiger partial charge in [0.05, 0.1) is 13.5 Å². The van der Waals surface area contributed by atoms with Gasteiger partial charge in [-0.2, -0.15) is 0 Å². The van der Waals surface area contributed by atoms with Gasteiger partial charge in [-0.25, -0.2) is 0 Å². The van der Waals surface area contributed by atoms with Crippen LogP contribution in [0.5, 0.6) is 5.75 Å². The first-order valence-electron chi connectivity index (χ1n) is 6.17. The Morgan fingerprint density at radius 2 is 2.00 bits per heavy atom. The van der Waals surface area contributed by atoms with E-state index in [1.807, 2.05) is 52.0 Å². The molecule has 3 nitrogen and oxygen atoms in total. The Labute approximate surface area is 109 Å². The number of hydrogen-bond acceptors (Lipinski definition) is 3. The molecule has 0 fully saturated rings. The van der Waals surface area contributed by atoms with Gasteiger partial charge in [-0.15, -0.1) is 0 Å². The van der Waals surface area contributed by atoms with Crippen molar-refractivity contribution in [3.05, 3.63) is 29.8 Å². The molecule has 0 aliphatic carbocycles. The van der Waals surface area contributed by atoms with Gasteiger partial charge in [0, 0.05) is 0 Å². The van der Waals surface area contributed by atoms with Crippen LogP contribution in [-0.2, 0) is 9.53 Å². The largest absolute Gasteiger partial charge is 0.497 e. The highest BCUT2D eigenvalue weighted by Crippen LogP contribution is 2.24. The second-order valence-corrected chi connectivity index (χ2v) is 5.47. The third-order valence-electron chi connectivity index (χ3n) is 2.56. The van der Waals surface area contributed by atoms with E-state index < -0.39 is 5.60 Å². The minimum absolute atomic E-state index is 0.120. The summed E-state index contributed by atoms with van der Waals surface area (Å²) in [5.41, 5.74) is 0.658. The van der Waals surface area contributed by atoms with Crippen LogP contribution in [0.15, 0.2) is 24.3 Å². The lowest BCUT2D eigenvalue weighted by Gasteiger charge is -2.21. The smallest absolute Gasteiger partial charge is 0.306 e. The van der Waals surface area contributed by atoms with Crippen molar-refractivity contribution in [3.63, 3.8) is 0 Å². The highest BCUT2D eigenvalue weighted by atomic mass is 16.6. The summed E-state index contributed by atoms with van der Waals surface area (Å²) in [6.45, 7) is 7.64. The molecular formula is C15H22O3. The van der Waals surface area contributed by atoms with Crippen LogP contribution in [-0.4, -0.2) is 18.7 Å². The molecule has 0 aromatic heterocycles. The molecule has 0 radical (unpaired) electrons. The fourth-order valence-corrected chi connectivity index (χ4v) is 1.70. The third-order valence-corrected chi connectivity index (χ3v) is 2.56. The van der Waals surface area contributed by atoms with Gasteiger partial charge in [-0.3, -0.25) is 4.79 Å². The third kappa shape index (κ3) is 4.78. The zero-order valence-electron chi connectivity index (χ0n) is 11.8. The van der Waals surface area contributed by atoms with E-state index in [9.17, 15) is 4.79 Å². The van der Waals surface area contributed by atoms with Crippen molar-refractivity contribution in [1.29, 1.82) is 0 Å². The topological polar surface area (TPSA) is 35.5 Å². The quantitative estimate of drug-likeness (QED) is 0.767. The summed E-state index contributed by atoms with van der Waals surface area (Å²) in [4.78, 5) is 11.7. The number of esters is 1. The number of rotatable bonds is 4. The van der Waals surface area contributed by atoms with Gasteiger partial charge in [0.2, 0.25) is 0 Å². The second kappa shape index (κ2) is 5.89. The van der Waals surface area contributed by atoms with Crippen molar-refractivity contribution >= 4 is 5.97 Å². The van der Waals surface area contributed by atoms with Gasteiger partial charge in [-0.05, 0) is 44.4 Å². The van der Waals surface area contributed by atoms with E-state index in [1.54, 1.807) is 7.11 Å². The number of ether oxygens (including phenoxy) is 2. The van der Waals surface area contributed by atoms with Gasteiger partial charge in [0.15, 0.2) is 0 Å². The molecule has 1 aromatic rings. The summed E-state index contributed by atoms with van der Waals surface area (Å²) in [6.07, 6.45) is 0.379. The molecule has 0 unspecified atom stereocenters. The van der Waals surface area contributed by atoms with E-state index in [4.69, 9.17) is 9.47 Å². The number of carbonyl (C=O) groups excluding carboxylic acids is 1. The predicted molar refractivity (Wildman–Crippen MR) is 71.9 cm³/mol. The Balaban J connectivity index is 2.64. The van der Waals surface area contributed by atoms with Crippen molar-refractivity contribution in [2.75, 3.05) is 7.11 Å². The van der Waals surface area contributed by atoms with E-state index in [0.29, 0.717) is 6.42 Å². The Morgan fingerprint density at radius 1 is 1.33 bits per heavy atom. The molecule has 1 rings (SSSR count). The summed E-state index contributed by atoms with van der Waals surface area (Å²) in [7, 11) is 1.64. The van der Waals surface area contributed by atoms with Crippen LogP contribution in [0.3, 0.4) is 0 Å². The molecule has 0 bridgehead atoms. The first kappa shape index (κ1) is 14.6. The molecule has 18 heavy (non-hydrogen) atoms. The molecule has 1 aromatic carbocycles. The number of carbonyl (C=O) groups is 1. The van der Waals surface area contributed by atoms with Crippen molar-refractivity contribution < 1.29 is 14.3 Å². The van der Waals surface area contributed by atoms with Crippen molar-refractivity contribution in [3.8, 4) is 5.75 Å². The predicted octanol–water partition coefficient (Wildman–Crippen LogP) is 3.53. The van der Waals surface area contributed by atoms with Crippen LogP contribution in [0.2, 0.25) is 0 Å². The molecule has 0 saturated heterocycles. The maximum atomic E-state index is 11.7. The van der Waals surface area contributed by atoms with Crippen molar-refractivity contribution in [2.24, 2.45) is 0 Å². The van der Waals surface area contributed by atoms with Gasteiger partial charge in [0.1, 0.15) is 11.4 Å². The summed E-state index contributed by atoms with van der Waals surface area (Å²) >= 11 is 0. The van der Waals surface area contributed by atoms with Crippen LogP contribution >= 0.6 is 0 Å². The highest BCUT2D eigenvalue weighted by molar-refractivity contribution is 5.71. The SMILES string of the molecule is COc1cccc([C@H](C)CC(=O)OC(C)(C)C)c1. The zero-order valence-corrected chi connectivity index (χ0v) is 11.8. The molecule has 0 amide bonds. The number of methoxy groups -OCH3 is 1. The average Bonchev–Trinajstić information content (AvgIpc) is 2.26. The highest BCUT2D eigenvalue weighted by Gasteiger charge is 2.19. The fraction of sp³-hybridized carbons (Fsp3) is 0.533. The molecule has 100 valence electrons. The lowest BCUT2D eigenvalue weighted by Crippen LogP contribution is -2.24. The van der Waals surface area contributed by atoms with E-state index >= 15 is 0 Å². The zero-order chi connectivity index (χ0) is 13.8.